The lowest BCUT2D eigenvalue weighted by Crippen LogP contribution is -2.57. The zero-order valence-corrected chi connectivity index (χ0v) is 25.2. The number of cyclic esters (lactones) is 1. The molecule has 6 rings (SSSR count). The third-order valence-corrected chi connectivity index (χ3v) is 8.72. The van der Waals surface area contributed by atoms with Crippen LogP contribution in [0.3, 0.4) is 0 Å². The maximum absolute atomic E-state index is 13.5. The molecule has 3 aliphatic heterocycles. The summed E-state index contributed by atoms with van der Waals surface area (Å²) >= 11 is 0.942. The molecule has 3 aliphatic rings. The van der Waals surface area contributed by atoms with E-state index in [1.54, 1.807) is 0 Å². The molecule has 0 radical (unpaired) electrons. The zero-order valence-electron chi connectivity index (χ0n) is 24.4. The highest BCUT2D eigenvalue weighted by Crippen LogP contribution is 2.39. The molecule has 0 spiro atoms. The maximum Gasteiger partial charge on any atom is 0.372 e. The van der Waals surface area contributed by atoms with Crippen molar-refractivity contribution >= 4 is 57.4 Å². The predicted octanol–water partition coefficient (Wildman–Crippen LogP) is -2.29. The van der Waals surface area contributed by atoms with Gasteiger partial charge in [-0.15, -0.1) is 11.3 Å². The zero-order chi connectivity index (χ0) is 34.5. The molecular formula is C26H26N8O13S. The van der Waals surface area contributed by atoms with Crippen molar-refractivity contribution in [2.45, 2.75) is 42.7 Å². The van der Waals surface area contributed by atoms with Gasteiger partial charge in [-0.1, -0.05) is 5.16 Å². The molecule has 48 heavy (non-hydrogen) atoms. The van der Waals surface area contributed by atoms with E-state index in [0.29, 0.717) is 13.1 Å². The average Bonchev–Trinajstić information content (AvgIpc) is 3.80. The normalized spacial score (nSPS) is 24.1. The predicted molar refractivity (Wildman–Crippen MR) is 156 cm³/mol. The van der Waals surface area contributed by atoms with Crippen LogP contribution < -0.4 is 22.1 Å². The van der Waals surface area contributed by atoms with Gasteiger partial charge in [-0.2, -0.15) is 5.06 Å². The lowest BCUT2D eigenvalue weighted by molar-refractivity contribution is -0.256. The summed E-state index contributed by atoms with van der Waals surface area (Å²) in [5.74, 6) is -7.78. The summed E-state index contributed by atoms with van der Waals surface area (Å²) in [6.07, 6.45) is 1.25. The quantitative estimate of drug-likeness (QED) is 0.0706. The van der Waals surface area contributed by atoms with Gasteiger partial charge in [-0.3, -0.25) is 23.4 Å². The molecule has 3 atom stereocenters. The second-order valence-electron chi connectivity index (χ2n) is 11.0. The molecule has 3 aromatic rings. The standard InChI is InChI=1S/C26H26N8O13S/c27-23-30-13(10-48-23)17(31-47-25(21(40)41)1-3-28-4-2-25)18(37)29-12-9-45-34(19(12)38)26(22(42)43)6-14(20(39)46-26)33-7-11-5-15(35)16(36)8-32(11)24(33)44/h5,7-8,10,12,14,28,35-36H,1-4,6,9H2,(H2,27,30)(H,29,37)(H,40,41)(H,42,43)/b31-17-/t12-,14?,26?/m0/s1. The van der Waals surface area contributed by atoms with Crippen LogP contribution in [0.15, 0.2) is 33.8 Å². The van der Waals surface area contributed by atoms with Crippen LogP contribution in [-0.4, -0.2) is 112 Å². The van der Waals surface area contributed by atoms with Gasteiger partial charge >= 0.3 is 29.3 Å². The number of ether oxygens (including phenoxy) is 1. The van der Waals surface area contributed by atoms with Crippen LogP contribution in [0.25, 0.3) is 5.52 Å². The Morgan fingerprint density at radius 2 is 1.85 bits per heavy atom. The number of amides is 2. The monoisotopic (exact) mass is 690 g/mol. The number of carbonyl (C=O) groups excluding carboxylic acids is 3. The molecule has 21 nitrogen and oxygen atoms in total. The Morgan fingerprint density at radius 3 is 2.50 bits per heavy atom. The van der Waals surface area contributed by atoms with E-state index in [9.17, 15) is 49.2 Å². The van der Waals surface area contributed by atoms with Crippen LogP contribution in [0.5, 0.6) is 11.5 Å². The molecular weight excluding hydrogens is 664 g/mol. The highest BCUT2D eigenvalue weighted by Gasteiger charge is 2.63. The number of thiazole rings is 1. The highest BCUT2D eigenvalue weighted by atomic mass is 32.1. The number of hydrogen-bond donors (Lipinski definition) is 7. The first-order valence-electron chi connectivity index (χ1n) is 14.1. The Balaban J connectivity index is 1.24. The Bertz CT molecular complexity index is 1950. The minimum Gasteiger partial charge on any atom is -0.504 e. The van der Waals surface area contributed by atoms with Crippen molar-refractivity contribution in [2.75, 3.05) is 25.4 Å². The van der Waals surface area contributed by atoms with E-state index in [1.807, 2.05) is 0 Å². The lowest BCUT2D eigenvalue weighted by atomic mass is 9.93. The number of oxime groups is 1. The molecule has 6 heterocycles. The number of pyridine rings is 1. The number of nitrogens with zero attached hydrogens (tertiary/aromatic N) is 5. The Hall–Kier alpha value is -5.74. The number of anilines is 1. The number of carbonyl (C=O) groups is 5. The van der Waals surface area contributed by atoms with Gasteiger partial charge in [0.15, 0.2) is 22.3 Å². The van der Waals surface area contributed by atoms with Crippen molar-refractivity contribution in [3.8, 4) is 11.5 Å². The fourth-order valence-corrected chi connectivity index (χ4v) is 6.03. The van der Waals surface area contributed by atoms with E-state index in [2.05, 4.69) is 20.8 Å². The smallest absolute Gasteiger partial charge is 0.372 e. The number of nitrogens with two attached hydrogens (primary N) is 1. The van der Waals surface area contributed by atoms with Crippen molar-refractivity contribution < 1.29 is 58.8 Å². The highest BCUT2D eigenvalue weighted by molar-refractivity contribution is 7.13. The summed E-state index contributed by atoms with van der Waals surface area (Å²) in [4.78, 5) is 92.3. The van der Waals surface area contributed by atoms with Gasteiger partial charge in [-0.05, 0) is 13.1 Å². The number of carboxylic acid groups (broad SMARTS) is 2. The summed E-state index contributed by atoms with van der Waals surface area (Å²) in [6.45, 7) is -0.0265. The summed E-state index contributed by atoms with van der Waals surface area (Å²) in [6, 6.07) is -2.12. The van der Waals surface area contributed by atoms with Crippen molar-refractivity contribution in [1.82, 2.24) is 29.6 Å². The fraction of sp³-hybridized carbons (Fsp3) is 0.385. The first-order valence-corrected chi connectivity index (χ1v) is 15.0. The molecule has 0 saturated carbocycles. The molecule has 0 aromatic carbocycles. The molecule has 0 aliphatic carbocycles. The van der Waals surface area contributed by atoms with Gasteiger partial charge in [0.25, 0.3) is 11.8 Å². The number of nitrogens with one attached hydrogen (secondary N) is 2. The van der Waals surface area contributed by atoms with E-state index in [-0.39, 0.29) is 34.2 Å². The third-order valence-electron chi connectivity index (χ3n) is 8.05. The molecule has 254 valence electrons. The molecule has 22 heteroatoms. The molecule has 3 saturated heterocycles. The molecule has 0 bridgehead atoms. The molecule has 2 amide bonds. The first-order chi connectivity index (χ1) is 22.8. The van der Waals surface area contributed by atoms with E-state index >= 15 is 0 Å². The number of imidazole rings is 1. The number of hydrogen-bond acceptors (Lipinski definition) is 16. The van der Waals surface area contributed by atoms with E-state index in [0.717, 1.165) is 38.8 Å². The van der Waals surface area contributed by atoms with Gasteiger partial charge in [0.2, 0.25) is 5.60 Å². The number of aliphatic carboxylic acids is 2. The second kappa shape index (κ2) is 11.8. The van der Waals surface area contributed by atoms with Crippen LogP contribution in [0.4, 0.5) is 5.13 Å². The Morgan fingerprint density at radius 1 is 1.12 bits per heavy atom. The van der Waals surface area contributed by atoms with Crippen molar-refractivity contribution in [2.24, 2.45) is 5.16 Å². The number of esters is 1. The largest absolute Gasteiger partial charge is 0.504 e. The second-order valence-corrected chi connectivity index (χ2v) is 11.9. The SMILES string of the molecule is Nc1nc(/C(=N/OC2(C(=O)O)CCNCC2)C(=O)N[C@H]2CON(C3(C(=O)O)CC(n4cc5cc(O)c(O)cn5c4=O)C(=O)O3)C2=O)cs1. The minimum absolute atomic E-state index is 0.0251. The number of rotatable bonds is 9. The molecule has 2 unspecified atom stereocenters. The van der Waals surface area contributed by atoms with Gasteiger partial charge in [0.1, 0.15) is 24.4 Å². The van der Waals surface area contributed by atoms with Crippen molar-refractivity contribution in [1.29, 1.82) is 0 Å². The van der Waals surface area contributed by atoms with Crippen LogP contribution in [0, 0.1) is 0 Å². The number of hydroxylamine groups is 2. The lowest BCUT2D eigenvalue weighted by Gasteiger charge is -2.31. The minimum atomic E-state index is -2.78. The molecule has 3 fully saturated rings. The number of nitrogen functional groups attached to an aromatic ring is 1. The maximum atomic E-state index is 13.5. The number of fused-ring (bicyclic) bond motifs is 1. The van der Waals surface area contributed by atoms with Crippen LogP contribution >= 0.6 is 11.3 Å². The van der Waals surface area contributed by atoms with E-state index in [1.165, 1.54) is 5.38 Å². The van der Waals surface area contributed by atoms with Gasteiger partial charge < -0.3 is 46.4 Å². The van der Waals surface area contributed by atoms with E-state index in [4.69, 9.17) is 20.1 Å². The van der Waals surface area contributed by atoms with E-state index < -0.39 is 89.1 Å². The molecule has 3 aromatic heterocycles. The van der Waals surface area contributed by atoms with Crippen LogP contribution in [0.2, 0.25) is 0 Å². The van der Waals surface area contributed by atoms with Crippen molar-refractivity contribution in [3.05, 3.63) is 40.0 Å². The fourth-order valence-electron chi connectivity index (χ4n) is 5.48. The summed E-state index contributed by atoms with van der Waals surface area (Å²) in [5.41, 5.74) is -0.310. The average molecular weight is 691 g/mol. The number of aromatic hydroxyl groups is 2. The number of piperidine rings is 1. The summed E-state index contributed by atoms with van der Waals surface area (Å²) in [7, 11) is 0. The summed E-state index contributed by atoms with van der Waals surface area (Å²) in [5, 5.41) is 50.4. The summed E-state index contributed by atoms with van der Waals surface area (Å²) < 4.78 is 6.89. The van der Waals surface area contributed by atoms with Crippen LogP contribution in [0.1, 0.15) is 31.0 Å². The Labute approximate surface area is 270 Å². The molecule has 8 N–H and O–H groups in total. The van der Waals surface area contributed by atoms with Crippen molar-refractivity contribution in [3.63, 3.8) is 0 Å². The number of carboxylic acids is 2. The first kappa shape index (κ1) is 32.2. The van der Waals surface area contributed by atoms with Gasteiger partial charge in [0, 0.05) is 30.5 Å². The third kappa shape index (κ3) is 5.29. The topological polar surface area (TPSA) is 299 Å². The number of aromatic nitrogens is 3. The van der Waals surface area contributed by atoms with Crippen LogP contribution in [-0.2, 0) is 38.4 Å². The van der Waals surface area contributed by atoms with Gasteiger partial charge in [0.05, 0.1) is 18.1 Å². The van der Waals surface area contributed by atoms with Gasteiger partial charge in [-0.25, -0.2) is 24.2 Å². The Kier molecular flexibility index (Phi) is 7.92.